The van der Waals surface area contributed by atoms with Crippen LogP contribution in [-0.4, -0.2) is 40.3 Å². The molecule has 0 fully saturated rings. The smallest absolute Gasteiger partial charge is 0.342 e. The number of nitrogens with two attached hydrogens (primary N) is 1. The fourth-order valence-corrected chi connectivity index (χ4v) is 3.82. The van der Waals surface area contributed by atoms with Crippen LogP contribution in [0.2, 0.25) is 0 Å². The van der Waals surface area contributed by atoms with E-state index in [1.807, 2.05) is 6.92 Å². The first-order valence-corrected chi connectivity index (χ1v) is 10.5. The summed E-state index contributed by atoms with van der Waals surface area (Å²) in [7, 11) is 0. The van der Waals surface area contributed by atoms with Crippen LogP contribution in [0.15, 0.2) is 19.8 Å². The van der Waals surface area contributed by atoms with Gasteiger partial charge in [0.15, 0.2) is 11.5 Å². The highest BCUT2D eigenvalue weighted by atomic mass is 79.9. The second-order valence-electron chi connectivity index (χ2n) is 6.12. The van der Waals surface area contributed by atoms with E-state index in [4.69, 9.17) is 15.2 Å². The Hall–Kier alpha value is -2.53. The number of unbranched alkanes of at least 4 members (excludes halogenated alkanes) is 1. The van der Waals surface area contributed by atoms with Gasteiger partial charge >= 0.3 is 11.9 Å². The first-order valence-electron chi connectivity index (χ1n) is 8.95. The maximum atomic E-state index is 12.3. The van der Waals surface area contributed by atoms with E-state index >= 15 is 0 Å². The van der Waals surface area contributed by atoms with Crippen LogP contribution in [0, 0.1) is 0 Å². The maximum absolute atomic E-state index is 12.3. The highest BCUT2D eigenvalue weighted by molar-refractivity contribution is 9.13. The van der Waals surface area contributed by atoms with E-state index in [1.165, 1.54) is 6.07 Å². The Kier molecular flexibility index (Phi) is 7.90. The van der Waals surface area contributed by atoms with Crippen molar-refractivity contribution in [3.05, 3.63) is 36.5 Å². The molecule has 0 atom stereocenters. The number of nitrogen functional groups attached to an aromatic ring is 1. The maximum Gasteiger partial charge on any atom is 0.342 e. The molecule has 0 saturated heterocycles. The van der Waals surface area contributed by atoms with Gasteiger partial charge in [0.2, 0.25) is 0 Å². The number of aromatic amines is 1. The molecule has 30 heavy (non-hydrogen) atoms. The zero-order valence-corrected chi connectivity index (χ0v) is 19.3. The summed E-state index contributed by atoms with van der Waals surface area (Å²) in [5, 5.41) is 19.3. The minimum atomic E-state index is -1.60. The number of hydrogen-bond acceptors (Lipinski definition) is 6. The summed E-state index contributed by atoms with van der Waals surface area (Å²) in [5.74, 6) is -2.93. The van der Waals surface area contributed by atoms with E-state index in [2.05, 4.69) is 36.8 Å². The van der Waals surface area contributed by atoms with Crippen LogP contribution in [0.4, 0.5) is 5.82 Å². The van der Waals surface area contributed by atoms with E-state index in [1.54, 1.807) is 6.92 Å². The van der Waals surface area contributed by atoms with Crippen molar-refractivity contribution in [1.82, 2.24) is 4.98 Å². The molecule has 0 aliphatic heterocycles. The number of aromatic nitrogens is 1. The number of aromatic carboxylic acids is 2. The van der Waals surface area contributed by atoms with E-state index < -0.39 is 34.4 Å². The molecule has 0 radical (unpaired) electrons. The molecular weight excluding hydrogens is 528 g/mol. The number of benzene rings is 1. The lowest BCUT2D eigenvalue weighted by Crippen LogP contribution is -2.24. The Balaban J connectivity index is 2.92. The van der Waals surface area contributed by atoms with Crippen LogP contribution in [-0.2, 0) is 0 Å². The zero-order chi connectivity index (χ0) is 22.6. The van der Waals surface area contributed by atoms with E-state index in [0.717, 1.165) is 12.8 Å². The monoisotopic (exact) mass is 546 g/mol. The second-order valence-corrected chi connectivity index (χ2v) is 7.70. The van der Waals surface area contributed by atoms with Gasteiger partial charge in [-0.1, -0.05) is 13.3 Å². The Morgan fingerprint density at radius 1 is 1.10 bits per heavy atom. The molecule has 9 nitrogen and oxygen atoms in total. The number of anilines is 1. The minimum Gasteiger partial charge on any atom is -0.490 e. The van der Waals surface area contributed by atoms with Gasteiger partial charge < -0.3 is 30.4 Å². The van der Waals surface area contributed by atoms with Crippen molar-refractivity contribution < 1.29 is 29.3 Å². The number of hydrogen-bond donors (Lipinski definition) is 4. The number of ether oxygens (including phenoxy) is 2. The predicted octanol–water partition coefficient (Wildman–Crippen LogP) is 4.12. The van der Waals surface area contributed by atoms with E-state index in [-0.39, 0.29) is 28.0 Å². The van der Waals surface area contributed by atoms with Crippen LogP contribution < -0.4 is 20.8 Å². The van der Waals surface area contributed by atoms with Crippen molar-refractivity contribution in [1.29, 1.82) is 0 Å². The number of pyridine rings is 1. The van der Waals surface area contributed by atoms with Crippen molar-refractivity contribution in [2.75, 3.05) is 18.9 Å². The van der Waals surface area contributed by atoms with Crippen molar-refractivity contribution >= 4 is 49.6 Å². The van der Waals surface area contributed by atoms with Crippen molar-refractivity contribution in [2.24, 2.45) is 0 Å². The minimum absolute atomic E-state index is 0.0979. The van der Waals surface area contributed by atoms with Gasteiger partial charge in [-0.3, -0.25) is 4.79 Å². The number of nitrogens with one attached hydrogen (secondary N) is 1. The van der Waals surface area contributed by atoms with Gasteiger partial charge in [0.1, 0.15) is 16.9 Å². The summed E-state index contributed by atoms with van der Waals surface area (Å²) in [6.45, 7) is 4.45. The Bertz CT molecular complexity index is 1050. The summed E-state index contributed by atoms with van der Waals surface area (Å²) >= 11 is 6.75. The van der Waals surface area contributed by atoms with Gasteiger partial charge in [0.25, 0.3) is 5.56 Å². The molecule has 2 rings (SSSR count). The zero-order valence-electron chi connectivity index (χ0n) is 16.2. The van der Waals surface area contributed by atoms with Gasteiger partial charge in [-0.05, 0) is 51.3 Å². The Morgan fingerprint density at radius 2 is 1.73 bits per heavy atom. The lowest BCUT2D eigenvalue weighted by atomic mass is 9.95. The molecule has 1 aromatic carbocycles. The first-order chi connectivity index (χ1) is 14.1. The summed E-state index contributed by atoms with van der Waals surface area (Å²) in [5.41, 5.74) is 3.15. The summed E-state index contributed by atoms with van der Waals surface area (Å²) in [6.07, 6.45) is 1.71. The molecule has 1 heterocycles. The number of carboxylic acid groups (broad SMARTS) is 2. The van der Waals surface area contributed by atoms with E-state index in [9.17, 15) is 24.6 Å². The number of carboxylic acids is 2. The second kappa shape index (κ2) is 9.98. The van der Waals surface area contributed by atoms with E-state index in [0.29, 0.717) is 16.8 Å². The number of rotatable bonds is 9. The van der Waals surface area contributed by atoms with Gasteiger partial charge in [-0.25, -0.2) is 9.59 Å². The first kappa shape index (κ1) is 23.7. The molecule has 0 amide bonds. The largest absolute Gasteiger partial charge is 0.490 e. The quantitative estimate of drug-likeness (QED) is 0.342. The standard InChI is InChI=1S/C19H20Br2N2O7/c1-3-5-6-30-15-9(29-4-2)7-8(13(20)14(15)21)10-11(18(25)26)16(22)23-17(24)12(10)19(27)28/h7H,3-6H2,1-2H3,(H,25,26)(H,27,28)(H3,22,23,24). The van der Waals surface area contributed by atoms with Crippen LogP contribution in [0.25, 0.3) is 11.1 Å². The molecule has 0 aliphatic rings. The topological polar surface area (TPSA) is 152 Å². The third-order valence-corrected chi connectivity index (χ3v) is 6.23. The fourth-order valence-electron chi connectivity index (χ4n) is 2.80. The van der Waals surface area contributed by atoms with Gasteiger partial charge in [-0.2, -0.15) is 0 Å². The molecule has 1 aromatic heterocycles. The average molecular weight is 548 g/mol. The molecule has 0 unspecified atom stereocenters. The summed E-state index contributed by atoms with van der Waals surface area (Å²) in [6, 6.07) is 1.42. The van der Waals surface area contributed by atoms with Gasteiger partial charge in [0, 0.05) is 15.6 Å². The van der Waals surface area contributed by atoms with Gasteiger partial charge in [0.05, 0.1) is 17.7 Å². The van der Waals surface area contributed by atoms with Crippen LogP contribution in [0.5, 0.6) is 11.5 Å². The molecule has 11 heteroatoms. The summed E-state index contributed by atoms with van der Waals surface area (Å²) < 4.78 is 12.1. The van der Waals surface area contributed by atoms with Crippen LogP contribution in [0.1, 0.15) is 47.4 Å². The highest BCUT2D eigenvalue weighted by Gasteiger charge is 2.30. The van der Waals surface area contributed by atoms with Crippen LogP contribution >= 0.6 is 31.9 Å². The number of carbonyl (C=O) groups is 2. The highest BCUT2D eigenvalue weighted by Crippen LogP contribution is 2.47. The molecule has 0 aliphatic carbocycles. The molecule has 2 aromatic rings. The molecule has 0 saturated carbocycles. The van der Waals surface area contributed by atoms with Crippen LogP contribution in [0.3, 0.4) is 0 Å². The Morgan fingerprint density at radius 3 is 2.27 bits per heavy atom. The lowest BCUT2D eigenvalue weighted by molar-refractivity contribution is 0.0695. The predicted molar refractivity (Wildman–Crippen MR) is 118 cm³/mol. The molecule has 5 N–H and O–H groups in total. The third-order valence-electron chi connectivity index (χ3n) is 4.11. The van der Waals surface area contributed by atoms with Crippen molar-refractivity contribution in [3.8, 4) is 22.6 Å². The molecule has 0 bridgehead atoms. The Labute approximate surface area is 188 Å². The molecular formula is C19H20Br2N2O7. The molecule has 162 valence electrons. The lowest BCUT2D eigenvalue weighted by Gasteiger charge is -2.19. The number of halogens is 2. The summed E-state index contributed by atoms with van der Waals surface area (Å²) in [4.78, 5) is 38.1. The third kappa shape index (κ3) is 4.62. The normalized spacial score (nSPS) is 10.7. The average Bonchev–Trinajstić information content (AvgIpc) is 2.65. The number of H-pyrrole nitrogens is 1. The fraction of sp³-hybridized carbons (Fsp3) is 0.316. The van der Waals surface area contributed by atoms with Crippen molar-refractivity contribution in [3.63, 3.8) is 0 Å². The van der Waals surface area contributed by atoms with Crippen molar-refractivity contribution in [2.45, 2.75) is 26.7 Å². The van der Waals surface area contributed by atoms with Gasteiger partial charge in [-0.15, -0.1) is 0 Å². The molecule has 0 spiro atoms. The SMILES string of the molecule is CCCCOc1c(OCC)cc(-c2c(C(=O)O)c(N)[nH]c(=O)c2C(=O)O)c(Br)c1Br.